The lowest BCUT2D eigenvalue weighted by Gasteiger charge is -2.26. The summed E-state index contributed by atoms with van der Waals surface area (Å²) >= 11 is 5.87. The molecular formula is C15H23ClN2O2. The van der Waals surface area contributed by atoms with Crippen LogP contribution in [0.2, 0.25) is 5.02 Å². The van der Waals surface area contributed by atoms with Crippen molar-refractivity contribution >= 4 is 17.5 Å². The summed E-state index contributed by atoms with van der Waals surface area (Å²) < 4.78 is 5.48. The highest BCUT2D eigenvalue weighted by atomic mass is 35.5. The number of methoxy groups -OCH3 is 1. The second-order valence-corrected chi connectivity index (χ2v) is 5.71. The largest absolute Gasteiger partial charge is 0.375 e. The van der Waals surface area contributed by atoms with Gasteiger partial charge in [-0.1, -0.05) is 37.6 Å². The Morgan fingerprint density at radius 1 is 1.25 bits per heavy atom. The third-order valence-electron chi connectivity index (χ3n) is 3.30. The lowest BCUT2D eigenvalue weighted by atomic mass is 10.0. The van der Waals surface area contributed by atoms with Crippen LogP contribution in [0, 0.1) is 5.92 Å². The quantitative estimate of drug-likeness (QED) is 0.848. The molecule has 0 fully saturated rings. The molecule has 0 aromatic heterocycles. The number of carbonyl (C=O) groups is 1. The van der Waals surface area contributed by atoms with Crippen molar-refractivity contribution in [2.24, 2.45) is 11.7 Å². The Morgan fingerprint density at radius 3 is 2.25 bits per heavy atom. The summed E-state index contributed by atoms with van der Waals surface area (Å²) in [6.07, 6.45) is -0.240. The zero-order chi connectivity index (χ0) is 15.3. The molecule has 0 radical (unpaired) electrons. The third kappa shape index (κ3) is 4.47. The molecule has 2 unspecified atom stereocenters. The van der Waals surface area contributed by atoms with E-state index in [1.54, 1.807) is 19.2 Å². The van der Waals surface area contributed by atoms with E-state index in [0.717, 1.165) is 5.56 Å². The van der Waals surface area contributed by atoms with Crippen LogP contribution in [0.5, 0.6) is 0 Å². The van der Waals surface area contributed by atoms with Crippen LogP contribution in [0.4, 0.5) is 0 Å². The molecule has 1 rings (SSSR count). The molecule has 3 N–H and O–H groups in total. The molecule has 0 aliphatic carbocycles. The predicted octanol–water partition coefficient (Wildman–Crippen LogP) is 2.52. The highest BCUT2D eigenvalue weighted by molar-refractivity contribution is 6.30. The highest BCUT2D eigenvalue weighted by Crippen LogP contribution is 2.22. The fourth-order valence-electron chi connectivity index (χ4n) is 1.98. The number of rotatable bonds is 6. The molecule has 3 atom stereocenters. The first-order valence-electron chi connectivity index (χ1n) is 6.71. The van der Waals surface area contributed by atoms with Crippen molar-refractivity contribution in [1.29, 1.82) is 0 Å². The second-order valence-electron chi connectivity index (χ2n) is 5.27. The van der Waals surface area contributed by atoms with Gasteiger partial charge in [-0.3, -0.25) is 4.79 Å². The number of hydrogen-bond acceptors (Lipinski definition) is 3. The normalized spacial score (nSPS) is 15.8. The van der Waals surface area contributed by atoms with Gasteiger partial charge >= 0.3 is 0 Å². The smallest absolute Gasteiger partial charge is 0.237 e. The van der Waals surface area contributed by atoms with E-state index in [4.69, 9.17) is 22.1 Å². The molecule has 0 aliphatic rings. The van der Waals surface area contributed by atoms with Crippen molar-refractivity contribution in [1.82, 2.24) is 5.32 Å². The average molecular weight is 299 g/mol. The summed E-state index contributed by atoms with van der Waals surface area (Å²) in [6.45, 7) is 5.73. The van der Waals surface area contributed by atoms with Crippen molar-refractivity contribution in [3.8, 4) is 0 Å². The molecule has 1 aromatic rings. The van der Waals surface area contributed by atoms with Crippen LogP contribution >= 0.6 is 11.6 Å². The number of ether oxygens (including phenoxy) is 1. The van der Waals surface area contributed by atoms with Crippen LogP contribution < -0.4 is 11.1 Å². The first kappa shape index (κ1) is 17.0. The van der Waals surface area contributed by atoms with E-state index >= 15 is 0 Å². The average Bonchev–Trinajstić information content (AvgIpc) is 2.40. The summed E-state index contributed by atoms with van der Waals surface area (Å²) in [5, 5.41) is 3.57. The molecule has 1 aromatic carbocycles. The molecule has 4 nitrogen and oxygen atoms in total. The number of amides is 1. The molecule has 5 heteroatoms. The maximum atomic E-state index is 12.0. The van der Waals surface area contributed by atoms with Crippen LogP contribution in [0.3, 0.4) is 0 Å². The van der Waals surface area contributed by atoms with Gasteiger partial charge in [-0.15, -0.1) is 0 Å². The Labute approximate surface area is 125 Å². The Balaban J connectivity index is 2.75. The van der Waals surface area contributed by atoms with Gasteiger partial charge in [-0.05, 0) is 30.5 Å². The lowest BCUT2D eigenvalue weighted by molar-refractivity contribution is -0.124. The van der Waals surface area contributed by atoms with E-state index in [1.165, 1.54) is 0 Å². The highest BCUT2D eigenvalue weighted by Gasteiger charge is 2.24. The minimum absolute atomic E-state index is 0.0960. The number of hydrogen-bond donors (Lipinski definition) is 2. The first-order valence-corrected chi connectivity index (χ1v) is 7.08. The number of halogens is 1. The molecule has 0 spiro atoms. The number of nitrogens with one attached hydrogen (secondary N) is 1. The van der Waals surface area contributed by atoms with Gasteiger partial charge in [0.1, 0.15) is 6.10 Å². The zero-order valence-corrected chi connectivity index (χ0v) is 13.1. The molecular weight excluding hydrogens is 276 g/mol. The van der Waals surface area contributed by atoms with Crippen molar-refractivity contribution in [3.63, 3.8) is 0 Å². The lowest BCUT2D eigenvalue weighted by Crippen LogP contribution is -2.48. The van der Waals surface area contributed by atoms with E-state index in [-0.39, 0.29) is 24.0 Å². The van der Waals surface area contributed by atoms with E-state index in [0.29, 0.717) is 5.02 Å². The van der Waals surface area contributed by atoms with Gasteiger partial charge in [0.05, 0.1) is 12.1 Å². The van der Waals surface area contributed by atoms with Crippen molar-refractivity contribution in [3.05, 3.63) is 34.9 Å². The molecule has 0 saturated carbocycles. The fraction of sp³-hybridized carbons (Fsp3) is 0.533. The van der Waals surface area contributed by atoms with Crippen LogP contribution in [-0.2, 0) is 9.53 Å². The van der Waals surface area contributed by atoms with Crippen LogP contribution in [0.25, 0.3) is 0 Å². The van der Waals surface area contributed by atoms with Crippen LogP contribution in [-0.4, -0.2) is 25.1 Å². The minimum Gasteiger partial charge on any atom is -0.375 e. The fourth-order valence-corrected chi connectivity index (χ4v) is 2.11. The van der Waals surface area contributed by atoms with Gasteiger partial charge in [0.15, 0.2) is 0 Å². The summed E-state index contributed by atoms with van der Waals surface area (Å²) in [7, 11) is 1.62. The summed E-state index contributed by atoms with van der Waals surface area (Å²) in [5.74, 6) is -0.0674. The van der Waals surface area contributed by atoms with Crippen LogP contribution in [0.15, 0.2) is 24.3 Å². The van der Waals surface area contributed by atoms with Crippen molar-refractivity contribution in [2.75, 3.05) is 7.11 Å². The monoisotopic (exact) mass is 298 g/mol. The zero-order valence-electron chi connectivity index (χ0n) is 12.4. The standard InChI is InChI=1S/C15H23ClN2O2/c1-9(2)13(17)15(19)18-10(3)14(20-4)11-5-7-12(16)8-6-11/h5-10,13-14H,17H2,1-4H3,(H,18,19)/t10?,13-,14?/m0/s1. The molecule has 0 aliphatic heterocycles. The van der Waals surface area contributed by atoms with E-state index in [1.807, 2.05) is 32.9 Å². The minimum atomic E-state index is -0.514. The van der Waals surface area contributed by atoms with Gasteiger partial charge in [0, 0.05) is 12.1 Å². The van der Waals surface area contributed by atoms with Gasteiger partial charge < -0.3 is 15.8 Å². The van der Waals surface area contributed by atoms with Crippen molar-refractivity contribution < 1.29 is 9.53 Å². The SMILES string of the molecule is COC(c1ccc(Cl)cc1)C(C)NC(=O)[C@@H](N)C(C)C. The first-order chi connectivity index (χ1) is 9.36. The van der Waals surface area contributed by atoms with Crippen molar-refractivity contribution in [2.45, 2.75) is 39.0 Å². The van der Waals surface area contributed by atoms with Gasteiger partial charge in [0.2, 0.25) is 5.91 Å². The Bertz CT molecular complexity index is 434. The van der Waals surface area contributed by atoms with E-state index in [9.17, 15) is 4.79 Å². The Hall–Kier alpha value is -1.10. The van der Waals surface area contributed by atoms with Gasteiger partial charge in [-0.25, -0.2) is 0 Å². The maximum Gasteiger partial charge on any atom is 0.237 e. The molecule has 0 saturated heterocycles. The molecule has 0 heterocycles. The van der Waals surface area contributed by atoms with E-state index in [2.05, 4.69) is 5.32 Å². The maximum absolute atomic E-state index is 12.0. The Kier molecular flexibility index (Phi) is 6.46. The molecule has 1 amide bonds. The predicted molar refractivity (Wildman–Crippen MR) is 81.6 cm³/mol. The topological polar surface area (TPSA) is 64.3 Å². The number of nitrogens with two attached hydrogens (primary N) is 1. The molecule has 20 heavy (non-hydrogen) atoms. The molecule has 0 bridgehead atoms. The summed E-state index contributed by atoms with van der Waals surface area (Å²) in [4.78, 5) is 12.0. The second kappa shape index (κ2) is 7.62. The van der Waals surface area contributed by atoms with Gasteiger partial charge in [-0.2, -0.15) is 0 Å². The number of carbonyl (C=O) groups excluding carboxylic acids is 1. The van der Waals surface area contributed by atoms with Crippen LogP contribution in [0.1, 0.15) is 32.4 Å². The summed E-state index contributed by atoms with van der Waals surface area (Å²) in [6, 6.07) is 6.69. The Morgan fingerprint density at radius 2 is 1.80 bits per heavy atom. The summed E-state index contributed by atoms with van der Waals surface area (Å²) in [5.41, 5.74) is 6.80. The number of benzene rings is 1. The molecule has 112 valence electrons. The third-order valence-corrected chi connectivity index (χ3v) is 3.55. The van der Waals surface area contributed by atoms with E-state index < -0.39 is 6.04 Å². The van der Waals surface area contributed by atoms with Gasteiger partial charge in [0.25, 0.3) is 0 Å².